The molecule has 2 atom stereocenters. The third kappa shape index (κ3) is 4.50. The molecule has 180 valence electrons. The first-order valence-electron chi connectivity index (χ1n) is 12.1. The number of nitriles is 1. The molecular weight excluding hydrogens is 448 g/mol. The van der Waals surface area contributed by atoms with Crippen molar-refractivity contribution in [1.82, 2.24) is 5.32 Å². The number of allylic oxidation sites excluding steroid dienone is 4. The van der Waals surface area contributed by atoms with E-state index in [0.717, 1.165) is 34.5 Å². The van der Waals surface area contributed by atoms with Crippen LogP contribution in [-0.4, -0.2) is 12.9 Å². The molecule has 0 fully saturated rings. The van der Waals surface area contributed by atoms with Crippen LogP contribution in [0.5, 0.6) is 11.5 Å². The van der Waals surface area contributed by atoms with Crippen molar-refractivity contribution in [3.63, 3.8) is 0 Å². The van der Waals surface area contributed by atoms with Crippen molar-refractivity contribution in [3.05, 3.63) is 118 Å². The number of hydrogen-bond acceptors (Lipinski definition) is 5. The minimum atomic E-state index is -0.437. The molecule has 2 aliphatic rings. The maximum Gasteiger partial charge on any atom is 0.162 e. The number of benzene rings is 3. The van der Waals surface area contributed by atoms with Crippen molar-refractivity contribution in [1.29, 1.82) is 5.26 Å². The summed E-state index contributed by atoms with van der Waals surface area (Å²) in [5.41, 5.74) is 5.99. The van der Waals surface area contributed by atoms with Crippen LogP contribution in [-0.2, 0) is 11.4 Å². The van der Waals surface area contributed by atoms with Gasteiger partial charge in [-0.2, -0.15) is 5.26 Å². The fourth-order valence-corrected chi connectivity index (χ4v) is 5.20. The predicted octanol–water partition coefficient (Wildman–Crippen LogP) is 6.16. The quantitative estimate of drug-likeness (QED) is 0.461. The number of rotatable bonds is 6. The average molecular weight is 477 g/mol. The number of Topliss-reactive ketones (excluding diaryl/α,β-unsaturated/α-hetero) is 1. The monoisotopic (exact) mass is 476 g/mol. The van der Waals surface area contributed by atoms with Gasteiger partial charge in [0.05, 0.1) is 24.7 Å². The Labute approximate surface area is 211 Å². The van der Waals surface area contributed by atoms with Gasteiger partial charge in [0.2, 0.25) is 0 Å². The molecule has 0 amide bonds. The van der Waals surface area contributed by atoms with Crippen LogP contribution in [0.1, 0.15) is 48.3 Å². The molecule has 1 aliphatic carbocycles. The lowest BCUT2D eigenvalue weighted by Crippen LogP contribution is -2.33. The van der Waals surface area contributed by atoms with E-state index in [0.29, 0.717) is 35.7 Å². The molecule has 0 radical (unpaired) electrons. The Hall–Kier alpha value is -4.30. The number of ketones is 1. The SMILES string of the molecule is COc1cc([C@H]2C(C#N)=C(C)NC3=C2C(=O)C[C@@H](c2ccccc2)C3)ccc1OCc1ccccc1. The van der Waals surface area contributed by atoms with Gasteiger partial charge in [0, 0.05) is 23.4 Å². The second kappa shape index (κ2) is 10.1. The van der Waals surface area contributed by atoms with Crippen LogP contribution in [0.15, 0.2) is 101 Å². The Morgan fingerprint density at radius 3 is 2.36 bits per heavy atom. The van der Waals surface area contributed by atoms with E-state index in [9.17, 15) is 10.1 Å². The van der Waals surface area contributed by atoms with Crippen molar-refractivity contribution < 1.29 is 14.3 Å². The van der Waals surface area contributed by atoms with Crippen LogP contribution in [0.25, 0.3) is 0 Å². The van der Waals surface area contributed by atoms with Crippen molar-refractivity contribution in [3.8, 4) is 17.6 Å². The molecule has 0 spiro atoms. The molecule has 0 saturated carbocycles. The Morgan fingerprint density at radius 2 is 1.67 bits per heavy atom. The second-order valence-corrected chi connectivity index (χ2v) is 9.22. The summed E-state index contributed by atoms with van der Waals surface area (Å²) >= 11 is 0. The summed E-state index contributed by atoms with van der Waals surface area (Å²) in [4.78, 5) is 13.6. The van der Waals surface area contributed by atoms with Crippen LogP contribution in [0.4, 0.5) is 0 Å². The molecule has 1 aliphatic heterocycles. The lowest BCUT2D eigenvalue weighted by atomic mass is 9.72. The normalized spacial score (nSPS) is 19.3. The van der Waals surface area contributed by atoms with Gasteiger partial charge in [-0.15, -0.1) is 0 Å². The standard InChI is InChI=1S/C31H28N2O3/c1-20-25(18-32)30(31-26(33-20)15-24(16-27(31)34)22-11-7-4-8-12-22)23-13-14-28(29(17-23)35-2)36-19-21-9-5-3-6-10-21/h3-14,17,24,30,33H,15-16,19H2,1-2H3/t24-,30-/m0/s1. The molecule has 0 saturated heterocycles. The molecular formula is C31H28N2O3. The van der Waals surface area contributed by atoms with E-state index in [1.54, 1.807) is 7.11 Å². The second-order valence-electron chi connectivity index (χ2n) is 9.22. The molecule has 0 aromatic heterocycles. The van der Waals surface area contributed by atoms with Crippen molar-refractivity contribution in [2.45, 2.75) is 38.2 Å². The predicted molar refractivity (Wildman–Crippen MR) is 138 cm³/mol. The maximum absolute atomic E-state index is 13.6. The highest BCUT2D eigenvalue weighted by molar-refractivity contribution is 6.00. The molecule has 1 N–H and O–H groups in total. The van der Waals surface area contributed by atoms with Crippen LogP contribution >= 0.6 is 0 Å². The number of nitrogens with one attached hydrogen (secondary N) is 1. The molecule has 5 heteroatoms. The summed E-state index contributed by atoms with van der Waals surface area (Å²) < 4.78 is 11.7. The molecule has 0 unspecified atom stereocenters. The van der Waals surface area contributed by atoms with Gasteiger partial charge < -0.3 is 14.8 Å². The van der Waals surface area contributed by atoms with Gasteiger partial charge >= 0.3 is 0 Å². The zero-order valence-electron chi connectivity index (χ0n) is 20.5. The van der Waals surface area contributed by atoms with E-state index >= 15 is 0 Å². The third-order valence-electron chi connectivity index (χ3n) is 6.98. The van der Waals surface area contributed by atoms with Crippen molar-refractivity contribution >= 4 is 5.78 Å². The molecule has 3 aromatic rings. The third-order valence-corrected chi connectivity index (χ3v) is 6.98. The number of carbonyl (C=O) groups is 1. The lowest BCUT2D eigenvalue weighted by Gasteiger charge is -2.35. The number of carbonyl (C=O) groups excluding carboxylic acids is 1. The molecule has 3 aromatic carbocycles. The highest BCUT2D eigenvalue weighted by atomic mass is 16.5. The van der Waals surface area contributed by atoms with Crippen LogP contribution in [0, 0.1) is 11.3 Å². The van der Waals surface area contributed by atoms with Gasteiger partial charge in [-0.3, -0.25) is 4.79 Å². The van der Waals surface area contributed by atoms with E-state index in [2.05, 4.69) is 23.5 Å². The zero-order chi connectivity index (χ0) is 25.1. The Bertz CT molecular complexity index is 1380. The zero-order valence-corrected chi connectivity index (χ0v) is 20.5. The number of methoxy groups -OCH3 is 1. The first-order chi connectivity index (χ1) is 17.6. The van der Waals surface area contributed by atoms with Gasteiger partial charge in [0.15, 0.2) is 17.3 Å². The summed E-state index contributed by atoms with van der Waals surface area (Å²) in [6, 6.07) is 28.1. The molecule has 36 heavy (non-hydrogen) atoms. The van der Waals surface area contributed by atoms with Gasteiger partial charge in [0.25, 0.3) is 0 Å². The van der Waals surface area contributed by atoms with Gasteiger partial charge in [-0.25, -0.2) is 0 Å². The highest BCUT2D eigenvalue weighted by Crippen LogP contribution is 2.46. The Balaban J connectivity index is 1.49. The average Bonchev–Trinajstić information content (AvgIpc) is 2.92. The smallest absolute Gasteiger partial charge is 0.162 e. The van der Waals surface area contributed by atoms with E-state index in [1.807, 2.05) is 73.7 Å². The van der Waals surface area contributed by atoms with Crippen molar-refractivity contribution in [2.24, 2.45) is 0 Å². The molecule has 0 bridgehead atoms. The number of hydrogen-bond donors (Lipinski definition) is 1. The van der Waals surface area contributed by atoms with E-state index < -0.39 is 5.92 Å². The van der Waals surface area contributed by atoms with Gasteiger partial charge in [0.1, 0.15) is 6.61 Å². The topological polar surface area (TPSA) is 71.3 Å². The van der Waals surface area contributed by atoms with Crippen molar-refractivity contribution in [2.75, 3.05) is 7.11 Å². The molecule has 1 heterocycles. The van der Waals surface area contributed by atoms with Gasteiger partial charge in [-0.05, 0) is 48.1 Å². The summed E-state index contributed by atoms with van der Waals surface area (Å²) in [7, 11) is 1.60. The fraction of sp³-hybridized carbons (Fsp3) is 0.226. The Kier molecular flexibility index (Phi) is 6.60. The van der Waals surface area contributed by atoms with Crippen LogP contribution in [0.3, 0.4) is 0 Å². The largest absolute Gasteiger partial charge is 0.493 e. The number of ether oxygens (including phenoxy) is 2. The van der Waals surface area contributed by atoms with Gasteiger partial charge in [-0.1, -0.05) is 66.7 Å². The summed E-state index contributed by atoms with van der Waals surface area (Å²) in [6.45, 7) is 2.32. The highest BCUT2D eigenvalue weighted by Gasteiger charge is 2.39. The Morgan fingerprint density at radius 1 is 0.944 bits per heavy atom. The lowest BCUT2D eigenvalue weighted by molar-refractivity contribution is -0.116. The van der Waals surface area contributed by atoms with E-state index in [1.165, 1.54) is 0 Å². The first kappa shape index (κ1) is 23.4. The number of nitrogens with zero attached hydrogens (tertiary/aromatic N) is 1. The van der Waals surface area contributed by atoms with Crippen LogP contribution < -0.4 is 14.8 Å². The number of dihydropyridines is 1. The van der Waals surface area contributed by atoms with Crippen LogP contribution in [0.2, 0.25) is 0 Å². The summed E-state index contributed by atoms with van der Waals surface area (Å²) in [6.07, 6.45) is 1.15. The first-order valence-corrected chi connectivity index (χ1v) is 12.1. The maximum atomic E-state index is 13.6. The molecule has 5 nitrogen and oxygen atoms in total. The minimum absolute atomic E-state index is 0.0752. The van der Waals surface area contributed by atoms with E-state index in [-0.39, 0.29) is 11.7 Å². The molecule has 5 rings (SSSR count). The fourth-order valence-electron chi connectivity index (χ4n) is 5.20. The van der Waals surface area contributed by atoms with E-state index in [4.69, 9.17) is 9.47 Å². The minimum Gasteiger partial charge on any atom is -0.493 e. The summed E-state index contributed by atoms with van der Waals surface area (Å²) in [5, 5.41) is 13.4. The summed E-state index contributed by atoms with van der Waals surface area (Å²) in [5.74, 6) is 0.945.